The summed E-state index contributed by atoms with van der Waals surface area (Å²) in [5.41, 5.74) is -0.0201. The highest BCUT2D eigenvalue weighted by Gasteiger charge is 2.13. The fraction of sp³-hybridized carbons (Fsp3) is 0.111. The number of benzene rings is 1. The van der Waals surface area contributed by atoms with E-state index in [1.165, 1.54) is 0 Å². The molecule has 1 aromatic rings. The highest BCUT2D eigenvalue weighted by atomic mass is 79.9. The van der Waals surface area contributed by atoms with Gasteiger partial charge in [0.25, 0.3) is 0 Å². The van der Waals surface area contributed by atoms with Gasteiger partial charge in [0.05, 0.1) is 0 Å². The summed E-state index contributed by atoms with van der Waals surface area (Å²) in [4.78, 5) is 0. The third-order valence-electron chi connectivity index (χ3n) is 1.52. The first-order valence-corrected chi connectivity index (χ1v) is 4.57. The minimum absolute atomic E-state index is 0.243. The molecule has 0 saturated heterocycles. The van der Waals surface area contributed by atoms with Gasteiger partial charge in [0.1, 0.15) is 17.5 Å². The summed E-state index contributed by atoms with van der Waals surface area (Å²) in [7, 11) is 0. The van der Waals surface area contributed by atoms with E-state index in [1.807, 2.05) is 0 Å². The molecule has 0 bridgehead atoms. The van der Waals surface area contributed by atoms with Gasteiger partial charge in [0.15, 0.2) is 0 Å². The predicted molar refractivity (Wildman–Crippen MR) is 49.1 cm³/mol. The molecule has 0 aliphatic rings. The second-order valence-electron chi connectivity index (χ2n) is 2.48. The van der Waals surface area contributed by atoms with Crippen LogP contribution in [-0.4, -0.2) is 5.33 Å². The Morgan fingerprint density at radius 3 is 2.08 bits per heavy atom. The molecule has 1 rings (SSSR count). The smallest absolute Gasteiger partial charge is 0.136 e. The molecule has 4 heteroatoms. The molecule has 0 aliphatic heterocycles. The van der Waals surface area contributed by atoms with Crippen molar-refractivity contribution in [1.29, 1.82) is 0 Å². The summed E-state index contributed by atoms with van der Waals surface area (Å²) >= 11 is 3.01. The van der Waals surface area contributed by atoms with Gasteiger partial charge in [-0.05, 0) is 5.57 Å². The van der Waals surface area contributed by atoms with Gasteiger partial charge in [-0.2, -0.15) is 0 Å². The van der Waals surface area contributed by atoms with Crippen LogP contribution in [0.5, 0.6) is 0 Å². The van der Waals surface area contributed by atoms with Crippen LogP contribution in [0.2, 0.25) is 0 Å². The lowest BCUT2D eigenvalue weighted by molar-refractivity contribution is 0.539. The first-order valence-electron chi connectivity index (χ1n) is 3.45. The first kappa shape index (κ1) is 10.3. The predicted octanol–water partition coefficient (Wildman–Crippen LogP) is 3.51. The lowest BCUT2D eigenvalue weighted by Gasteiger charge is -2.05. The van der Waals surface area contributed by atoms with Gasteiger partial charge in [0, 0.05) is 23.0 Å². The van der Waals surface area contributed by atoms with Gasteiger partial charge in [0.2, 0.25) is 0 Å². The third kappa shape index (κ3) is 2.12. The summed E-state index contributed by atoms with van der Waals surface area (Å²) in [6.07, 6.45) is 0. The third-order valence-corrected chi connectivity index (χ3v) is 2.20. The standard InChI is InChI=1S/C9H6BrF3/c1-5(4-10)9-7(12)2-6(11)3-8(9)13/h2-3H,1,4H2. The molecule has 0 heterocycles. The second-order valence-corrected chi connectivity index (χ2v) is 3.04. The number of hydrogen-bond acceptors (Lipinski definition) is 0. The van der Waals surface area contributed by atoms with Gasteiger partial charge in [-0.3, -0.25) is 0 Å². The van der Waals surface area contributed by atoms with Crippen molar-refractivity contribution in [2.75, 3.05) is 5.33 Å². The number of allylic oxidation sites excluding steroid dienone is 1. The molecule has 0 radical (unpaired) electrons. The SMILES string of the molecule is C=C(CBr)c1c(F)cc(F)cc1F. The van der Waals surface area contributed by atoms with Crippen LogP contribution in [0.25, 0.3) is 5.57 Å². The maximum atomic E-state index is 13.0. The summed E-state index contributed by atoms with van der Waals surface area (Å²) in [5, 5.41) is 0.243. The number of halogens is 4. The summed E-state index contributed by atoms with van der Waals surface area (Å²) < 4.78 is 38.4. The van der Waals surface area contributed by atoms with Gasteiger partial charge in [-0.1, -0.05) is 22.5 Å². The fourth-order valence-electron chi connectivity index (χ4n) is 0.947. The van der Waals surface area contributed by atoms with Gasteiger partial charge in [-0.25, -0.2) is 13.2 Å². The molecule has 0 fully saturated rings. The largest absolute Gasteiger partial charge is 0.207 e. The maximum Gasteiger partial charge on any atom is 0.136 e. The molecule has 13 heavy (non-hydrogen) atoms. The Balaban J connectivity index is 3.28. The van der Waals surface area contributed by atoms with Crippen molar-refractivity contribution in [3.05, 3.63) is 41.7 Å². The monoisotopic (exact) mass is 250 g/mol. The van der Waals surface area contributed by atoms with Crippen LogP contribution in [0.1, 0.15) is 5.56 Å². The van der Waals surface area contributed by atoms with Crippen molar-refractivity contribution in [3.63, 3.8) is 0 Å². The molecule has 0 atom stereocenters. The van der Waals surface area contributed by atoms with Crippen molar-refractivity contribution in [1.82, 2.24) is 0 Å². The second kappa shape index (κ2) is 3.96. The van der Waals surface area contributed by atoms with Crippen LogP contribution in [-0.2, 0) is 0 Å². The van der Waals surface area contributed by atoms with E-state index < -0.39 is 17.5 Å². The minimum Gasteiger partial charge on any atom is -0.207 e. The number of alkyl halides is 1. The average Bonchev–Trinajstić information content (AvgIpc) is 2.02. The van der Waals surface area contributed by atoms with E-state index >= 15 is 0 Å². The van der Waals surface area contributed by atoms with Crippen molar-refractivity contribution >= 4 is 21.5 Å². The molecular formula is C9H6BrF3. The molecule has 0 aromatic heterocycles. The highest BCUT2D eigenvalue weighted by molar-refractivity contribution is 9.09. The summed E-state index contributed by atoms with van der Waals surface area (Å²) in [6.45, 7) is 3.45. The molecule has 70 valence electrons. The van der Waals surface area contributed by atoms with Gasteiger partial charge < -0.3 is 0 Å². The van der Waals surface area contributed by atoms with Crippen molar-refractivity contribution in [2.24, 2.45) is 0 Å². The topological polar surface area (TPSA) is 0 Å². The Morgan fingerprint density at radius 2 is 1.69 bits per heavy atom. The Kier molecular flexibility index (Phi) is 3.14. The molecule has 0 aliphatic carbocycles. The maximum absolute atomic E-state index is 13.0. The van der Waals surface area contributed by atoms with Crippen molar-refractivity contribution < 1.29 is 13.2 Å². The van der Waals surface area contributed by atoms with E-state index in [2.05, 4.69) is 22.5 Å². The zero-order valence-corrected chi connectivity index (χ0v) is 8.17. The minimum atomic E-state index is -0.930. The number of hydrogen-bond donors (Lipinski definition) is 0. The molecule has 0 unspecified atom stereocenters. The average molecular weight is 251 g/mol. The first-order chi connectivity index (χ1) is 6.06. The van der Waals surface area contributed by atoms with Crippen LogP contribution in [0.4, 0.5) is 13.2 Å². The molecule has 0 spiro atoms. The van der Waals surface area contributed by atoms with E-state index in [1.54, 1.807) is 0 Å². The fourth-order valence-corrected chi connectivity index (χ4v) is 1.23. The Morgan fingerprint density at radius 1 is 1.23 bits per heavy atom. The van der Waals surface area contributed by atoms with Crippen LogP contribution in [0.3, 0.4) is 0 Å². The summed E-state index contributed by atoms with van der Waals surface area (Å²) in [5.74, 6) is -2.79. The molecular weight excluding hydrogens is 245 g/mol. The van der Waals surface area contributed by atoms with Crippen molar-refractivity contribution in [3.8, 4) is 0 Å². The quantitative estimate of drug-likeness (QED) is 0.705. The van der Waals surface area contributed by atoms with E-state index in [9.17, 15) is 13.2 Å². The molecule has 0 nitrogen and oxygen atoms in total. The summed E-state index contributed by atoms with van der Waals surface area (Å²) in [6, 6.07) is 1.26. The van der Waals surface area contributed by atoms with Gasteiger partial charge in [-0.15, -0.1) is 0 Å². The lowest BCUT2D eigenvalue weighted by Crippen LogP contribution is -1.96. The van der Waals surface area contributed by atoms with Crippen molar-refractivity contribution in [2.45, 2.75) is 0 Å². The Bertz CT molecular complexity index is 324. The van der Waals surface area contributed by atoms with E-state index in [4.69, 9.17) is 0 Å². The highest BCUT2D eigenvalue weighted by Crippen LogP contribution is 2.22. The van der Waals surface area contributed by atoms with E-state index in [-0.39, 0.29) is 16.5 Å². The zero-order valence-electron chi connectivity index (χ0n) is 6.58. The number of rotatable bonds is 2. The van der Waals surface area contributed by atoms with Crippen LogP contribution >= 0.6 is 15.9 Å². The zero-order chi connectivity index (χ0) is 10.0. The Hall–Kier alpha value is -0.770. The van der Waals surface area contributed by atoms with Gasteiger partial charge >= 0.3 is 0 Å². The lowest BCUT2D eigenvalue weighted by atomic mass is 10.1. The molecule has 0 saturated carbocycles. The normalized spacial score (nSPS) is 10.2. The van der Waals surface area contributed by atoms with Crippen LogP contribution in [0, 0.1) is 17.5 Å². The molecule has 1 aromatic carbocycles. The van der Waals surface area contributed by atoms with E-state index in [0.29, 0.717) is 12.1 Å². The van der Waals surface area contributed by atoms with Crippen LogP contribution < -0.4 is 0 Å². The van der Waals surface area contributed by atoms with E-state index in [0.717, 1.165) is 0 Å². The molecule has 0 N–H and O–H groups in total. The van der Waals surface area contributed by atoms with Crippen LogP contribution in [0.15, 0.2) is 18.7 Å². The Labute approximate surface area is 82.2 Å². The molecule has 0 amide bonds.